The van der Waals surface area contributed by atoms with Crippen molar-refractivity contribution in [2.75, 3.05) is 0 Å². The highest BCUT2D eigenvalue weighted by atomic mass is 19.1. The lowest BCUT2D eigenvalue weighted by atomic mass is 9.78. The Balaban J connectivity index is 2.56. The molecule has 0 aromatic rings. The van der Waals surface area contributed by atoms with Crippen LogP contribution < -0.4 is 0 Å². The Morgan fingerprint density at radius 3 is 2.15 bits per heavy atom. The molecule has 1 aliphatic carbocycles. The van der Waals surface area contributed by atoms with Gasteiger partial charge < -0.3 is 5.11 Å². The van der Waals surface area contributed by atoms with Crippen LogP contribution in [0.5, 0.6) is 0 Å². The van der Waals surface area contributed by atoms with Crippen LogP contribution in [0.2, 0.25) is 0 Å². The third-order valence-electron chi connectivity index (χ3n) is 2.76. The van der Waals surface area contributed by atoms with Crippen molar-refractivity contribution < 1.29 is 19.1 Å². The SMILES string of the molecule is CC(=O)[C@]1(F)CC[C@@H](C(=O)O)CC1. The number of carboxylic acids is 1. The minimum atomic E-state index is -1.76. The number of carboxylic acid groups (broad SMARTS) is 1. The van der Waals surface area contributed by atoms with E-state index in [0.29, 0.717) is 0 Å². The van der Waals surface area contributed by atoms with Crippen molar-refractivity contribution in [3.05, 3.63) is 0 Å². The Hall–Kier alpha value is -0.930. The number of ketones is 1. The van der Waals surface area contributed by atoms with Gasteiger partial charge in [-0.1, -0.05) is 0 Å². The van der Waals surface area contributed by atoms with E-state index in [0.717, 1.165) is 0 Å². The van der Waals surface area contributed by atoms with Gasteiger partial charge in [0.25, 0.3) is 0 Å². The monoisotopic (exact) mass is 188 g/mol. The van der Waals surface area contributed by atoms with Crippen LogP contribution in [0, 0.1) is 5.92 Å². The van der Waals surface area contributed by atoms with Gasteiger partial charge in [-0.05, 0) is 32.6 Å². The van der Waals surface area contributed by atoms with E-state index in [4.69, 9.17) is 5.11 Å². The Morgan fingerprint density at radius 1 is 1.38 bits per heavy atom. The summed E-state index contributed by atoms with van der Waals surface area (Å²) < 4.78 is 13.6. The Labute approximate surface area is 75.9 Å². The molecule has 1 N–H and O–H groups in total. The van der Waals surface area contributed by atoms with Gasteiger partial charge in [0, 0.05) is 0 Å². The van der Waals surface area contributed by atoms with Crippen molar-refractivity contribution in [1.82, 2.24) is 0 Å². The molecule has 0 aliphatic heterocycles. The summed E-state index contributed by atoms with van der Waals surface area (Å²) in [7, 11) is 0. The highest BCUT2D eigenvalue weighted by Crippen LogP contribution is 2.35. The predicted molar refractivity (Wildman–Crippen MR) is 44.1 cm³/mol. The molecule has 0 amide bonds. The molecule has 0 aromatic heterocycles. The normalized spacial score (nSPS) is 34.2. The second-order valence-electron chi connectivity index (χ2n) is 3.63. The fraction of sp³-hybridized carbons (Fsp3) is 0.778. The van der Waals surface area contributed by atoms with E-state index in [1.807, 2.05) is 0 Å². The number of aliphatic carboxylic acids is 1. The third kappa shape index (κ3) is 2.05. The number of Topliss-reactive ketones (excluding diaryl/α,β-unsaturated/α-hetero) is 1. The third-order valence-corrected chi connectivity index (χ3v) is 2.76. The maximum Gasteiger partial charge on any atom is 0.306 e. The first kappa shape index (κ1) is 10.2. The highest BCUT2D eigenvalue weighted by Gasteiger charge is 2.41. The van der Waals surface area contributed by atoms with Crippen LogP contribution in [-0.4, -0.2) is 22.5 Å². The largest absolute Gasteiger partial charge is 0.481 e. The van der Waals surface area contributed by atoms with E-state index < -0.39 is 23.3 Å². The van der Waals surface area contributed by atoms with Crippen molar-refractivity contribution in [2.45, 2.75) is 38.3 Å². The topological polar surface area (TPSA) is 54.4 Å². The van der Waals surface area contributed by atoms with Crippen LogP contribution in [0.3, 0.4) is 0 Å². The van der Waals surface area contributed by atoms with Crippen molar-refractivity contribution >= 4 is 11.8 Å². The molecule has 1 saturated carbocycles. The van der Waals surface area contributed by atoms with Gasteiger partial charge in [-0.3, -0.25) is 9.59 Å². The Morgan fingerprint density at radius 2 is 1.85 bits per heavy atom. The molecule has 0 spiro atoms. The average Bonchev–Trinajstić information content (AvgIpc) is 2.04. The summed E-state index contributed by atoms with van der Waals surface area (Å²) >= 11 is 0. The highest BCUT2D eigenvalue weighted by molar-refractivity contribution is 5.85. The number of carbonyl (C=O) groups excluding carboxylic acids is 1. The van der Waals surface area contributed by atoms with Crippen molar-refractivity contribution in [3.8, 4) is 0 Å². The minimum absolute atomic E-state index is 0.0549. The molecular formula is C9H13FO3. The van der Waals surface area contributed by atoms with Crippen LogP contribution in [0.15, 0.2) is 0 Å². The second-order valence-corrected chi connectivity index (χ2v) is 3.63. The van der Waals surface area contributed by atoms with Gasteiger partial charge >= 0.3 is 5.97 Å². The lowest BCUT2D eigenvalue weighted by Gasteiger charge is -2.29. The van der Waals surface area contributed by atoms with Crippen LogP contribution in [-0.2, 0) is 9.59 Å². The first-order valence-corrected chi connectivity index (χ1v) is 4.38. The van der Waals surface area contributed by atoms with Crippen LogP contribution in [0.25, 0.3) is 0 Å². The number of rotatable bonds is 2. The number of halogens is 1. The molecule has 4 heteroatoms. The van der Waals surface area contributed by atoms with Gasteiger partial charge in [0.05, 0.1) is 5.92 Å². The summed E-state index contributed by atoms with van der Waals surface area (Å²) in [5, 5.41) is 8.64. The molecule has 0 radical (unpaired) electrons. The van der Waals surface area contributed by atoms with Crippen LogP contribution in [0.4, 0.5) is 4.39 Å². The molecule has 0 heterocycles. The van der Waals surface area contributed by atoms with E-state index in [1.165, 1.54) is 6.92 Å². The Bertz CT molecular complexity index is 229. The van der Waals surface area contributed by atoms with Crippen molar-refractivity contribution in [1.29, 1.82) is 0 Å². The molecule has 0 saturated heterocycles. The molecule has 1 rings (SSSR count). The molecule has 0 bridgehead atoms. The lowest BCUT2D eigenvalue weighted by molar-refractivity contribution is -0.146. The second kappa shape index (κ2) is 3.44. The van der Waals surface area contributed by atoms with E-state index in [-0.39, 0.29) is 25.7 Å². The van der Waals surface area contributed by atoms with Gasteiger partial charge in [0.2, 0.25) is 0 Å². The first-order chi connectivity index (χ1) is 5.96. The van der Waals surface area contributed by atoms with Crippen molar-refractivity contribution in [2.24, 2.45) is 5.92 Å². The smallest absolute Gasteiger partial charge is 0.306 e. The summed E-state index contributed by atoms with van der Waals surface area (Å²) in [6, 6.07) is 0. The Kier molecular flexibility index (Phi) is 2.68. The molecule has 0 atom stereocenters. The molecule has 3 nitrogen and oxygen atoms in total. The zero-order valence-electron chi connectivity index (χ0n) is 7.55. The number of alkyl halides is 1. The van der Waals surface area contributed by atoms with Gasteiger partial charge in [0.1, 0.15) is 0 Å². The van der Waals surface area contributed by atoms with Gasteiger partial charge in [-0.15, -0.1) is 0 Å². The van der Waals surface area contributed by atoms with E-state index in [1.54, 1.807) is 0 Å². The molecular weight excluding hydrogens is 175 g/mol. The standard InChI is InChI=1S/C9H13FO3/c1-6(11)9(10)4-2-7(3-5-9)8(12)13/h7H,2-5H2,1H3,(H,12,13)/t7-,9+. The zero-order chi connectivity index (χ0) is 10.1. The quantitative estimate of drug-likeness (QED) is 0.715. The summed E-state index contributed by atoms with van der Waals surface area (Å²) in [6.07, 6.45) is 0.648. The summed E-state index contributed by atoms with van der Waals surface area (Å²) in [4.78, 5) is 21.4. The molecule has 1 fully saturated rings. The minimum Gasteiger partial charge on any atom is -0.481 e. The van der Waals surface area contributed by atoms with E-state index in [2.05, 4.69) is 0 Å². The van der Waals surface area contributed by atoms with Gasteiger partial charge in [0.15, 0.2) is 11.5 Å². The molecule has 13 heavy (non-hydrogen) atoms. The number of hydrogen-bond donors (Lipinski definition) is 1. The fourth-order valence-corrected chi connectivity index (χ4v) is 1.67. The van der Waals surface area contributed by atoms with Gasteiger partial charge in [-0.25, -0.2) is 4.39 Å². The number of hydrogen-bond acceptors (Lipinski definition) is 2. The molecule has 74 valence electrons. The van der Waals surface area contributed by atoms with E-state index in [9.17, 15) is 14.0 Å². The summed E-state index contributed by atoms with van der Waals surface area (Å²) in [6.45, 7) is 1.22. The molecule has 1 aliphatic rings. The van der Waals surface area contributed by atoms with Crippen LogP contribution >= 0.6 is 0 Å². The maximum absolute atomic E-state index is 13.6. The maximum atomic E-state index is 13.6. The van der Waals surface area contributed by atoms with Crippen molar-refractivity contribution in [3.63, 3.8) is 0 Å². The summed E-state index contributed by atoms with van der Waals surface area (Å²) in [5.74, 6) is -1.83. The van der Waals surface area contributed by atoms with Gasteiger partial charge in [-0.2, -0.15) is 0 Å². The fourth-order valence-electron chi connectivity index (χ4n) is 1.67. The predicted octanol–water partition coefficient (Wildman–Crippen LogP) is 1.56. The average molecular weight is 188 g/mol. The first-order valence-electron chi connectivity index (χ1n) is 4.38. The van der Waals surface area contributed by atoms with Crippen LogP contribution in [0.1, 0.15) is 32.6 Å². The summed E-state index contributed by atoms with van der Waals surface area (Å²) in [5.41, 5.74) is -1.76. The zero-order valence-corrected chi connectivity index (χ0v) is 7.55. The van der Waals surface area contributed by atoms with E-state index >= 15 is 0 Å². The molecule has 0 unspecified atom stereocenters. The number of carbonyl (C=O) groups is 2. The lowest BCUT2D eigenvalue weighted by Crippen LogP contribution is -2.37. The molecule has 0 aromatic carbocycles.